The maximum absolute atomic E-state index is 12.8. The van der Waals surface area contributed by atoms with E-state index >= 15 is 0 Å². The topological polar surface area (TPSA) is 51.4 Å². The lowest BCUT2D eigenvalue weighted by molar-refractivity contribution is -0.0264. The highest BCUT2D eigenvalue weighted by Gasteiger charge is 2.24. The molecule has 2 aromatic rings. The fraction of sp³-hybridized carbons (Fsp3) is 0.467. The minimum Gasteiger partial charge on any atom is -0.367 e. The van der Waals surface area contributed by atoms with E-state index in [2.05, 4.69) is 15.0 Å². The first-order chi connectivity index (χ1) is 10.2. The van der Waals surface area contributed by atoms with Crippen molar-refractivity contribution >= 4 is 0 Å². The third-order valence-corrected chi connectivity index (χ3v) is 3.58. The average Bonchev–Trinajstić information content (AvgIpc) is 2.96. The summed E-state index contributed by atoms with van der Waals surface area (Å²) in [6.07, 6.45) is 1.27. The van der Waals surface area contributed by atoms with Crippen LogP contribution in [0.5, 0.6) is 0 Å². The number of ether oxygens (including phenoxy) is 1. The summed E-state index contributed by atoms with van der Waals surface area (Å²) in [5.41, 5.74) is 1.05. The number of hydrogen-bond donors (Lipinski definition) is 0. The Morgan fingerprint density at radius 1 is 1.29 bits per heavy atom. The fourth-order valence-electron chi connectivity index (χ4n) is 2.34. The van der Waals surface area contributed by atoms with Gasteiger partial charge >= 0.3 is 0 Å². The SMILES string of the molecule is CN1CCOC(c2noc(CCc3ccc(F)cc3)n2)C1. The summed E-state index contributed by atoms with van der Waals surface area (Å²) in [7, 11) is 2.05. The molecule has 1 aromatic heterocycles. The van der Waals surface area contributed by atoms with Gasteiger partial charge < -0.3 is 14.2 Å². The van der Waals surface area contributed by atoms with E-state index in [9.17, 15) is 4.39 Å². The van der Waals surface area contributed by atoms with Crippen LogP contribution in [0, 0.1) is 5.82 Å². The number of halogens is 1. The third kappa shape index (κ3) is 3.65. The maximum atomic E-state index is 12.8. The predicted molar refractivity (Wildman–Crippen MR) is 74.3 cm³/mol. The standard InChI is InChI=1S/C15H18FN3O2/c1-19-8-9-20-13(10-19)15-17-14(21-18-15)7-4-11-2-5-12(16)6-3-11/h2-3,5-6,13H,4,7-10H2,1H3. The highest BCUT2D eigenvalue weighted by molar-refractivity contribution is 5.16. The smallest absolute Gasteiger partial charge is 0.227 e. The summed E-state index contributed by atoms with van der Waals surface area (Å²) >= 11 is 0. The monoisotopic (exact) mass is 291 g/mol. The number of benzene rings is 1. The molecular formula is C15H18FN3O2. The van der Waals surface area contributed by atoms with Crippen molar-refractivity contribution in [2.75, 3.05) is 26.7 Å². The Labute approximate surface area is 122 Å². The second-order valence-electron chi connectivity index (χ2n) is 5.29. The average molecular weight is 291 g/mol. The van der Waals surface area contributed by atoms with E-state index in [0.717, 1.165) is 25.1 Å². The van der Waals surface area contributed by atoms with Crippen LogP contribution in [0.4, 0.5) is 4.39 Å². The van der Waals surface area contributed by atoms with Gasteiger partial charge in [0.1, 0.15) is 11.9 Å². The Balaban J connectivity index is 1.58. The van der Waals surface area contributed by atoms with Crippen LogP contribution < -0.4 is 0 Å². The van der Waals surface area contributed by atoms with Crippen LogP contribution in [-0.4, -0.2) is 41.8 Å². The molecule has 1 saturated heterocycles. The molecule has 0 radical (unpaired) electrons. The molecule has 1 unspecified atom stereocenters. The molecule has 1 atom stereocenters. The third-order valence-electron chi connectivity index (χ3n) is 3.58. The van der Waals surface area contributed by atoms with Crippen molar-refractivity contribution in [2.45, 2.75) is 18.9 Å². The Morgan fingerprint density at radius 2 is 2.10 bits per heavy atom. The van der Waals surface area contributed by atoms with Gasteiger partial charge in [-0.3, -0.25) is 0 Å². The first-order valence-corrected chi connectivity index (χ1v) is 7.08. The van der Waals surface area contributed by atoms with Gasteiger partial charge in [-0.15, -0.1) is 0 Å². The molecule has 1 aromatic carbocycles. The summed E-state index contributed by atoms with van der Waals surface area (Å²) in [5, 5.41) is 4.00. The summed E-state index contributed by atoms with van der Waals surface area (Å²) in [6.45, 7) is 2.38. The van der Waals surface area contributed by atoms with Gasteiger partial charge in [0, 0.05) is 19.5 Å². The highest BCUT2D eigenvalue weighted by Crippen LogP contribution is 2.19. The number of aromatic nitrogens is 2. The molecule has 0 spiro atoms. The molecule has 112 valence electrons. The normalized spacial score (nSPS) is 19.8. The zero-order valence-corrected chi connectivity index (χ0v) is 12.0. The molecule has 3 rings (SSSR count). The lowest BCUT2D eigenvalue weighted by Crippen LogP contribution is -2.35. The van der Waals surface area contributed by atoms with Gasteiger partial charge in [-0.1, -0.05) is 17.3 Å². The Hall–Kier alpha value is -1.79. The Kier molecular flexibility index (Phi) is 4.26. The van der Waals surface area contributed by atoms with Crippen LogP contribution in [-0.2, 0) is 17.6 Å². The first-order valence-electron chi connectivity index (χ1n) is 7.08. The molecule has 21 heavy (non-hydrogen) atoms. The van der Waals surface area contributed by atoms with Crippen molar-refractivity contribution in [1.82, 2.24) is 15.0 Å². The van der Waals surface area contributed by atoms with Crippen LogP contribution in [0.1, 0.15) is 23.4 Å². The van der Waals surface area contributed by atoms with E-state index in [1.54, 1.807) is 12.1 Å². The molecular weight excluding hydrogens is 273 g/mol. The van der Waals surface area contributed by atoms with E-state index < -0.39 is 0 Å². The molecule has 1 fully saturated rings. The van der Waals surface area contributed by atoms with Gasteiger partial charge in [-0.25, -0.2) is 4.39 Å². The second-order valence-corrected chi connectivity index (χ2v) is 5.29. The molecule has 1 aliphatic heterocycles. The number of morpholine rings is 1. The van der Waals surface area contributed by atoms with E-state index in [-0.39, 0.29) is 11.9 Å². The summed E-state index contributed by atoms with van der Waals surface area (Å²) < 4.78 is 23.8. The summed E-state index contributed by atoms with van der Waals surface area (Å²) in [5.74, 6) is 0.971. The van der Waals surface area contributed by atoms with Gasteiger partial charge in [0.2, 0.25) is 11.7 Å². The Bertz CT molecular complexity index is 585. The molecule has 0 N–H and O–H groups in total. The molecule has 0 saturated carbocycles. The zero-order chi connectivity index (χ0) is 14.7. The van der Waals surface area contributed by atoms with E-state index in [1.807, 2.05) is 7.05 Å². The van der Waals surface area contributed by atoms with Gasteiger partial charge in [0.25, 0.3) is 0 Å². The van der Waals surface area contributed by atoms with Crippen molar-refractivity contribution in [3.8, 4) is 0 Å². The predicted octanol–water partition coefficient (Wildman–Crippen LogP) is 2.00. The highest BCUT2D eigenvalue weighted by atomic mass is 19.1. The minimum atomic E-state index is -0.225. The summed E-state index contributed by atoms with van der Waals surface area (Å²) in [6, 6.07) is 6.46. The largest absolute Gasteiger partial charge is 0.367 e. The molecule has 2 heterocycles. The number of aryl methyl sites for hydroxylation is 2. The van der Waals surface area contributed by atoms with E-state index in [0.29, 0.717) is 24.7 Å². The lowest BCUT2D eigenvalue weighted by Gasteiger charge is -2.27. The molecule has 6 heteroatoms. The maximum Gasteiger partial charge on any atom is 0.227 e. The molecule has 5 nitrogen and oxygen atoms in total. The van der Waals surface area contributed by atoms with Crippen molar-refractivity contribution in [3.05, 3.63) is 47.4 Å². The quantitative estimate of drug-likeness (QED) is 0.862. The molecule has 0 amide bonds. The molecule has 1 aliphatic rings. The van der Waals surface area contributed by atoms with Crippen LogP contribution in [0.25, 0.3) is 0 Å². The first kappa shape index (κ1) is 14.2. The van der Waals surface area contributed by atoms with Gasteiger partial charge in [0.05, 0.1) is 6.61 Å². The van der Waals surface area contributed by atoms with Crippen molar-refractivity contribution < 1.29 is 13.7 Å². The minimum absolute atomic E-state index is 0.118. The number of hydrogen-bond acceptors (Lipinski definition) is 5. The molecule has 0 aliphatic carbocycles. The van der Waals surface area contributed by atoms with Crippen molar-refractivity contribution in [1.29, 1.82) is 0 Å². The van der Waals surface area contributed by atoms with Gasteiger partial charge in [-0.2, -0.15) is 4.98 Å². The lowest BCUT2D eigenvalue weighted by atomic mass is 10.1. The Morgan fingerprint density at radius 3 is 2.86 bits per heavy atom. The van der Waals surface area contributed by atoms with E-state index in [1.165, 1.54) is 12.1 Å². The van der Waals surface area contributed by atoms with Crippen molar-refractivity contribution in [3.63, 3.8) is 0 Å². The van der Waals surface area contributed by atoms with Crippen molar-refractivity contribution in [2.24, 2.45) is 0 Å². The van der Waals surface area contributed by atoms with Crippen LogP contribution in [0.15, 0.2) is 28.8 Å². The van der Waals surface area contributed by atoms with E-state index in [4.69, 9.17) is 9.26 Å². The van der Waals surface area contributed by atoms with Gasteiger partial charge in [0.15, 0.2) is 0 Å². The van der Waals surface area contributed by atoms with Crippen LogP contribution in [0.3, 0.4) is 0 Å². The fourth-order valence-corrected chi connectivity index (χ4v) is 2.34. The molecule has 0 bridgehead atoms. The number of rotatable bonds is 4. The number of likely N-dealkylation sites (N-methyl/N-ethyl adjacent to an activating group) is 1. The second kappa shape index (κ2) is 6.32. The van der Waals surface area contributed by atoms with Crippen LogP contribution >= 0.6 is 0 Å². The number of nitrogens with zero attached hydrogens (tertiary/aromatic N) is 3. The van der Waals surface area contributed by atoms with Crippen LogP contribution in [0.2, 0.25) is 0 Å². The summed E-state index contributed by atoms with van der Waals surface area (Å²) in [4.78, 5) is 6.58. The van der Waals surface area contributed by atoms with Gasteiger partial charge in [-0.05, 0) is 31.2 Å². The zero-order valence-electron chi connectivity index (χ0n) is 12.0.